The third-order valence-electron chi connectivity index (χ3n) is 3.35. The van der Waals surface area contributed by atoms with Crippen molar-refractivity contribution in [2.45, 2.75) is 46.7 Å². The standard InChI is InChI=1S/C16H25BrN2O/c1-11(2)19(12(3)4)9-8-18-16(20)14-10-13(5)6-7-15(14)17/h6-7,10-12H,8-9H2,1-5H3,(H,18,20). The average Bonchev–Trinajstić information content (AvgIpc) is 2.36. The molecule has 0 aromatic heterocycles. The molecule has 0 saturated heterocycles. The lowest BCUT2D eigenvalue weighted by Gasteiger charge is -2.30. The summed E-state index contributed by atoms with van der Waals surface area (Å²) >= 11 is 3.43. The summed E-state index contributed by atoms with van der Waals surface area (Å²) in [6.07, 6.45) is 0. The molecule has 4 heteroatoms. The van der Waals surface area contributed by atoms with Crippen LogP contribution in [0.3, 0.4) is 0 Å². The predicted molar refractivity (Wildman–Crippen MR) is 88.2 cm³/mol. The molecule has 0 aliphatic carbocycles. The smallest absolute Gasteiger partial charge is 0.252 e. The van der Waals surface area contributed by atoms with E-state index >= 15 is 0 Å². The Labute approximate surface area is 130 Å². The minimum Gasteiger partial charge on any atom is -0.351 e. The topological polar surface area (TPSA) is 32.3 Å². The summed E-state index contributed by atoms with van der Waals surface area (Å²) in [5.41, 5.74) is 1.79. The van der Waals surface area contributed by atoms with Crippen LogP contribution in [0.1, 0.15) is 43.6 Å². The summed E-state index contributed by atoms with van der Waals surface area (Å²) < 4.78 is 0.838. The normalized spacial score (nSPS) is 11.4. The summed E-state index contributed by atoms with van der Waals surface area (Å²) in [5, 5.41) is 3.00. The van der Waals surface area contributed by atoms with Crippen LogP contribution in [0.25, 0.3) is 0 Å². The predicted octanol–water partition coefficient (Wildman–Crippen LogP) is 3.61. The molecule has 3 nitrogen and oxygen atoms in total. The van der Waals surface area contributed by atoms with Gasteiger partial charge in [0.25, 0.3) is 5.91 Å². The van der Waals surface area contributed by atoms with Crippen molar-refractivity contribution in [2.75, 3.05) is 13.1 Å². The van der Waals surface area contributed by atoms with E-state index in [-0.39, 0.29) is 5.91 Å². The maximum atomic E-state index is 12.2. The van der Waals surface area contributed by atoms with Gasteiger partial charge in [-0.3, -0.25) is 9.69 Å². The number of hydrogen-bond acceptors (Lipinski definition) is 2. The number of carbonyl (C=O) groups excluding carboxylic acids is 1. The fraction of sp³-hybridized carbons (Fsp3) is 0.562. The third kappa shape index (κ3) is 4.91. The molecule has 20 heavy (non-hydrogen) atoms. The van der Waals surface area contributed by atoms with Crippen LogP contribution in [-0.2, 0) is 0 Å². The lowest BCUT2D eigenvalue weighted by atomic mass is 10.1. The maximum Gasteiger partial charge on any atom is 0.252 e. The first kappa shape index (κ1) is 17.2. The number of carbonyl (C=O) groups is 1. The molecular formula is C16H25BrN2O. The zero-order valence-corrected chi connectivity index (χ0v) is 14.6. The van der Waals surface area contributed by atoms with Gasteiger partial charge in [0, 0.05) is 29.6 Å². The summed E-state index contributed by atoms with van der Waals surface area (Å²) in [6, 6.07) is 6.77. The molecule has 0 fully saturated rings. The van der Waals surface area contributed by atoms with Gasteiger partial charge in [-0.1, -0.05) is 11.6 Å². The number of nitrogens with zero attached hydrogens (tertiary/aromatic N) is 1. The van der Waals surface area contributed by atoms with Crippen molar-refractivity contribution >= 4 is 21.8 Å². The van der Waals surface area contributed by atoms with Gasteiger partial charge in [-0.2, -0.15) is 0 Å². The maximum absolute atomic E-state index is 12.2. The second kappa shape index (κ2) is 7.79. The van der Waals surface area contributed by atoms with Crippen LogP contribution in [0, 0.1) is 6.92 Å². The van der Waals surface area contributed by atoms with Gasteiger partial charge in [0.2, 0.25) is 0 Å². The first-order valence-corrected chi connectivity index (χ1v) is 7.92. The van der Waals surface area contributed by atoms with Gasteiger partial charge < -0.3 is 5.32 Å². The van der Waals surface area contributed by atoms with E-state index in [1.54, 1.807) is 0 Å². The van der Waals surface area contributed by atoms with E-state index in [4.69, 9.17) is 0 Å². The second-order valence-corrected chi connectivity index (χ2v) is 6.52. The van der Waals surface area contributed by atoms with Crippen molar-refractivity contribution in [3.8, 4) is 0 Å². The Balaban J connectivity index is 2.57. The molecule has 1 aromatic carbocycles. The second-order valence-electron chi connectivity index (χ2n) is 5.66. The van der Waals surface area contributed by atoms with Crippen molar-refractivity contribution in [3.63, 3.8) is 0 Å². The first-order valence-electron chi connectivity index (χ1n) is 7.13. The SMILES string of the molecule is Cc1ccc(Br)c(C(=O)NCCN(C(C)C)C(C)C)c1. The molecule has 112 valence electrons. The Morgan fingerprint density at radius 2 is 1.85 bits per heavy atom. The molecule has 1 amide bonds. The highest BCUT2D eigenvalue weighted by atomic mass is 79.9. The number of halogens is 1. The lowest BCUT2D eigenvalue weighted by molar-refractivity contribution is 0.0938. The Hall–Kier alpha value is -0.870. The van der Waals surface area contributed by atoms with E-state index < -0.39 is 0 Å². The average molecular weight is 341 g/mol. The molecule has 1 rings (SSSR count). The molecule has 0 heterocycles. The summed E-state index contributed by atoms with van der Waals surface area (Å²) in [6.45, 7) is 12.2. The molecular weight excluding hydrogens is 316 g/mol. The first-order chi connectivity index (χ1) is 9.32. The minimum atomic E-state index is -0.0203. The molecule has 0 radical (unpaired) electrons. The van der Waals surface area contributed by atoms with Crippen molar-refractivity contribution in [2.24, 2.45) is 0 Å². The Bertz CT molecular complexity index is 450. The molecule has 0 aliphatic rings. The number of rotatable bonds is 6. The Kier molecular flexibility index (Phi) is 6.69. The van der Waals surface area contributed by atoms with Gasteiger partial charge in [0.15, 0.2) is 0 Å². The van der Waals surface area contributed by atoms with Gasteiger partial charge in [-0.05, 0) is 62.7 Å². The minimum absolute atomic E-state index is 0.0203. The number of amides is 1. The van der Waals surface area contributed by atoms with Crippen LogP contribution < -0.4 is 5.32 Å². The fourth-order valence-electron chi connectivity index (χ4n) is 2.32. The van der Waals surface area contributed by atoms with Crippen LogP contribution in [0.2, 0.25) is 0 Å². The zero-order valence-electron chi connectivity index (χ0n) is 13.0. The monoisotopic (exact) mass is 340 g/mol. The van der Waals surface area contributed by atoms with Crippen molar-refractivity contribution < 1.29 is 4.79 Å². The van der Waals surface area contributed by atoms with E-state index in [0.29, 0.717) is 24.2 Å². The molecule has 0 bridgehead atoms. The van der Waals surface area contributed by atoms with E-state index in [1.165, 1.54) is 0 Å². The van der Waals surface area contributed by atoms with Crippen LogP contribution in [0.4, 0.5) is 0 Å². The molecule has 0 atom stereocenters. The highest BCUT2D eigenvalue weighted by Gasteiger charge is 2.14. The van der Waals surface area contributed by atoms with E-state index in [9.17, 15) is 4.79 Å². The van der Waals surface area contributed by atoms with Crippen molar-refractivity contribution in [3.05, 3.63) is 33.8 Å². The lowest BCUT2D eigenvalue weighted by Crippen LogP contribution is -2.42. The molecule has 0 unspecified atom stereocenters. The van der Waals surface area contributed by atoms with Crippen molar-refractivity contribution in [1.29, 1.82) is 0 Å². The quantitative estimate of drug-likeness (QED) is 0.857. The highest BCUT2D eigenvalue weighted by molar-refractivity contribution is 9.10. The van der Waals surface area contributed by atoms with Crippen LogP contribution in [0.5, 0.6) is 0 Å². The highest BCUT2D eigenvalue weighted by Crippen LogP contribution is 2.17. The number of aryl methyl sites for hydroxylation is 1. The van der Waals surface area contributed by atoms with E-state index in [2.05, 4.69) is 53.8 Å². The Morgan fingerprint density at radius 1 is 1.25 bits per heavy atom. The fourth-order valence-corrected chi connectivity index (χ4v) is 2.75. The van der Waals surface area contributed by atoms with E-state index in [1.807, 2.05) is 25.1 Å². The van der Waals surface area contributed by atoms with Gasteiger partial charge >= 0.3 is 0 Å². The third-order valence-corrected chi connectivity index (χ3v) is 4.04. The van der Waals surface area contributed by atoms with E-state index in [0.717, 1.165) is 16.6 Å². The van der Waals surface area contributed by atoms with Crippen LogP contribution in [0.15, 0.2) is 22.7 Å². The van der Waals surface area contributed by atoms with Gasteiger partial charge in [-0.25, -0.2) is 0 Å². The number of benzene rings is 1. The largest absolute Gasteiger partial charge is 0.351 e. The molecule has 0 spiro atoms. The molecule has 0 aliphatic heterocycles. The van der Waals surface area contributed by atoms with Gasteiger partial charge in [-0.15, -0.1) is 0 Å². The summed E-state index contributed by atoms with van der Waals surface area (Å²) in [5.74, 6) is -0.0203. The Morgan fingerprint density at radius 3 is 2.40 bits per heavy atom. The van der Waals surface area contributed by atoms with Crippen molar-refractivity contribution in [1.82, 2.24) is 10.2 Å². The van der Waals surface area contributed by atoms with Crippen LogP contribution in [-0.4, -0.2) is 36.0 Å². The van der Waals surface area contributed by atoms with Gasteiger partial charge in [0.1, 0.15) is 0 Å². The summed E-state index contributed by atoms with van der Waals surface area (Å²) in [4.78, 5) is 14.5. The summed E-state index contributed by atoms with van der Waals surface area (Å²) in [7, 11) is 0. The zero-order chi connectivity index (χ0) is 15.3. The molecule has 1 N–H and O–H groups in total. The number of nitrogens with one attached hydrogen (secondary N) is 1. The van der Waals surface area contributed by atoms with Crippen LogP contribution >= 0.6 is 15.9 Å². The molecule has 1 aromatic rings. The number of hydrogen-bond donors (Lipinski definition) is 1. The molecule has 0 saturated carbocycles. The van der Waals surface area contributed by atoms with Gasteiger partial charge in [0.05, 0.1) is 5.56 Å².